The predicted octanol–water partition coefficient (Wildman–Crippen LogP) is 3.51. The van der Waals surface area contributed by atoms with Crippen LogP contribution < -0.4 is 5.32 Å². The molecule has 0 aliphatic heterocycles. The summed E-state index contributed by atoms with van der Waals surface area (Å²) in [7, 11) is 0. The number of rotatable bonds is 6. The Bertz CT molecular complexity index is 534. The van der Waals surface area contributed by atoms with Gasteiger partial charge < -0.3 is 9.88 Å². The highest BCUT2D eigenvalue weighted by molar-refractivity contribution is 6.31. The summed E-state index contributed by atoms with van der Waals surface area (Å²) in [5.41, 5.74) is 3.32. The van der Waals surface area contributed by atoms with Crippen molar-refractivity contribution in [1.29, 1.82) is 0 Å². The van der Waals surface area contributed by atoms with E-state index in [1.807, 2.05) is 31.6 Å². The van der Waals surface area contributed by atoms with Crippen molar-refractivity contribution in [2.24, 2.45) is 0 Å². The molecule has 1 N–H and O–H groups in total. The minimum atomic E-state index is 0.800. The number of aromatic nitrogens is 2. The highest BCUT2D eigenvalue weighted by atomic mass is 35.5. The highest BCUT2D eigenvalue weighted by Crippen LogP contribution is 2.24. The minimum absolute atomic E-state index is 0.800. The second-order valence-corrected chi connectivity index (χ2v) is 5.09. The zero-order valence-electron chi connectivity index (χ0n) is 11.5. The molecule has 0 unspecified atom stereocenters. The molecule has 19 heavy (non-hydrogen) atoms. The van der Waals surface area contributed by atoms with Crippen molar-refractivity contribution in [2.75, 3.05) is 13.1 Å². The Kier molecular flexibility index (Phi) is 5.00. The van der Waals surface area contributed by atoms with Crippen molar-refractivity contribution in [3.63, 3.8) is 0 Å². The molecule has 0 radical (unpaired) electrons. The average Bonchev–Trinajstić information content (AvgIpc) is 2.86. The van der Waals surface area contributed by atoms with Crippen LogP contribution in [-0.4, -0.2) is 22.6 Å². The number of imidazole rings is 1. The fourth-order valence-corrected chi connectivity index (χ4v) is 2.17. The number of hydrogen-bond donors (Lipinski definition) is 1. The van der Waals surface area contributed by atoms with Gasteiger partial charge in [0.15, 0.2) is 0 Å². The molecule has 0 aliphatic rings. The zero-order valence-corrected chi connectivity index (χ0v) is 12.2. The zero-order chi connectivity index (χ0) is 13.7. The van der Waals surface area contributed by atoms with Gasteiger partial charge in [-0.1, -0.05) is 30.7 Å². The van der Waals surface area contributed by atoms with Crippen molar-refractivity contribution >= 4 is 11.6 Å². The molecule has 0 bridgehead atoms. The molecule has 0 spiro atoms. The van der Waals surface area contributed by atoms with Crippen molar-refractivity contribution in [3.05, 3.63) is 41.3 Å². The SMILES string of the molecule is CCCNCCn1cncc1-c1ccc(C)c(Cl)c1. The number of aryl methyl sites for hydroxylation is 1. The minimum Gasteiger partial charge on any atom is -0.329 e. The largest absolute Gasteiger partial charge is 0.329 e. The van der Waals surface area contributed by atoms with Gasteiger partial charge in [0.25, 0.3) is 0 Å². The Morgan fingerprint density at radius 2 is 2.16 bits per heavy atom. The van der Waals surface area contributed by atoms with E-state index in [9.17, 15) is 0 Å². The van der Waals surface area contributed by atoms with E-state index >= 15 is 0 Å². The third kappa shape index (κ3) is 3.58. The summed E-state index contributed by atoms with van der Waals surface area (Å²) in [5, 5.41) is 4.20. The van der Waals surface area contributed by atoms with Crippen molar-refractivity contribution < 1.29 is 0 Å². The third-order valence-electron chi connectivity index (χ3n) is 3.14. The summed E-state index contributed by atoms with van der Waals surface area (Å²) in [5.74, 6) is 0. The van der Waals surface area contributed by atoms with Crippen molar-refractivity contribution in [1.82, 2.24) is 14.9 Å². The van der Waals surface area contributed by atoms with Gasteiger partial charge in [0.2, 0.25) is 0 Å². The van der Waals surface area contributed by atoms with Crippen LogP contribution in [0.5, 0.6) is 0 Å². The van der Waals surface area contributed by atoms with Gasteiger partial charge in [-0.25, -0.2) is 4.98 Å². The fourth-order valence-electron chi connectivity index (χ4n) is 1.99. The maximum absolute atomic E-state index is 6.19. The first-order valence-electron chi connectivity index (χ1n) is 6.69. The molecular weight excluding hydrogens is 258 g/mol. The van der Waals surface area contributed by atoms with Crippen molar-refractivity contribution in [3.8, 4) is 11.3 Å². The van der Waals surface area contributed by atoms with Crippen LogP contribution in [0.3, 0.4) is 0 Å². The molecule has 0 fully saturated rings. The van der Waals surface area contributed by atoms with Gasteiger partial charge in [-0.15, -0.1) is 0 Å². The molecule has 0 amide bonds. The molecule has 0 aliphatic carbocycles. The quantitative estimate of drug-likeness (QED) is 0.819. The molecule has 0 atom stereocenters. The summed E-state index contributed by atoms with van der Waals surface area (Å²) >= 11 is 6.19. The van der Waals surface area contributed by atoms with Gasteiger partial charge in [0, 0.05) is 23.7 Å². The third-order valence-corrected chi connectivity index (χ3v) is 3.54. The van der Waals surface area contributed by atoms with Crippen LogP contribution in [0.25, 0.3) is 11.3 Å². The highest BCUT2D eigenvalue weighted by Gasteiger charge is 2.06. The molecule has 0 saturated carbocycles. The second kappa shape index (κ2) is 6.73. The van der Waals surface area contributed by atoms with Gasteiger partial charge in [-0.05, 0) is 31.5 Å². The summed E-state index contributed by atoms with van der Waals surface area (Å²) < 4.78 is 2.16. The van der Waals surface area contributed by atoms with Gasteiger partial charge in [0.05, 0.1) is 18.2 Å². The molecule has 4 heteroatoms. The molecule has 1 aromatic carbocycles. The monoisotopic (exact) mass is 277 g/mol. The lowest BCUT2D eigenvalue weighted by Crippen LogP contribution is -2.20. The number of hydrogen-bond acceptors (Lipinski definition) is 2. The van der Waals surface area contributed by atoms with Crippen LogP contribution >= 0.6 is 11.6 Å². The molecule has 2 aromatic rings. The fraction of sp³-hybridized carbons (Fsp3) is 0.400. The van der Waals surface area contributed by atoms with Gasteiger partial charge >= 0.3 is 0 Å². The standard InChI is InChI=1S/C15H20ClN3/c1-3-6-17-7-8-19-11-18-10-15(19)13-5-4-12(2)14(16)9-13/h4-5,9-11,17H,3,6-8H2,1-2H3. The smallest absolute Gasteiger partial charge is 0.0951 e. The number of benzene rings is 1. The lowest BCUT2D eigenvalue weighted by atomic mass is 10.1. The van der Waals surface area contributed by atoms with E-state index in [2.05, 4.69) is 27.9 Å². The predicted molar refractivity (Wildman–Crippen MR) is 80.6 cm³/mol. The average molecular weight is 278 g/mol. The summed E-state index contributed by atoms with van der Waals surface area (Å²) in [6, 6.07) is 6.14. The van der Waals surface area contributed by atoms with Crippen LogP contribution in [0.2, 0.25) is 5.02 Å². The first-order valence-corrected chi connectivity index (χ1v) is 7.07. The Morgan fingerprint density at radius 1 is 1.32 bits per heavy atom. The van der Waals surface area contributed by atoms with Crippen LogP contribution in [0.1, 0.15) is 18.9 Å². The molecule has 3 nitrogen and oxygen atoms in total. The van der Waals surface area contributed by atoms with E-state index in [0.717, 1.165) is 47.9 Å². The maximum atomic E-state index is 6.19. The Morgan fingerprint density at radius 3 is 2.89 bits per heavy atom. The normalized spacial score (nSPS) is 10.9. The molecule has 1 heterocycles. The van der Waals surface area contributed by atoms with E-state index in [1.165, 1.54) is 0 Å². The first-order chi connectivity index (χ1) is 9.22. The van der Waals surface area contributed by atoms with Gasteiger partial charge in [0.1, 0.15) is 0 Å². The first kappa shape index (κ1) is 14.1. The van der Waals surface area contributed by atoms with E-state index < -0.39 is 0 Å². The Balaban J connectivity index is 2.12. The topological polar surface area (TPSA) is 29.9 Å². The maximum Gasteiger partial charge on any atom is 0.0951 e. The number of nitrogens with one attached hydrogen (secondary N) is 1. The second-order valence-electron chi connectivity index (χ2n) is 4.69. The molecular formula is C15H20ClN3. The summed E-state index contributed by atoms with van der Waals surface area (Å²) in [4.78, 5) is 4.24. The molecule has 1 aromatic heterocycles. The molecule has 0 saturated heterocycles. The number of nitrogens with zero attached hydrogens (tertiary/aromatic N) is 2. The van der Waals surface area contributed by atoms with Crippen LogP contribution in [0, 0.1) is 6.92 Å². The van der Waals surface area contributed by atoms with E-state index in [1.54, 1.807) is 0 Å². The molecule has 2 rings (SSSR count). The Labute approximate surface area is 119 Å². The number of halogens is 1. The summed E-state index contributed by atoms with van der Waals surface area (Å²) in [6.45, 7) is 7.11. The van der Waals surface area contributed by atoms with Gasteiger partial charge in [-0.3, -0.25) is 0 Å². The molecule has 102 valence electrons. The lowest BCUT2D eigenvalue weighted by Gasteiger charge is -2.10. The van der Waals surface area contributed by atoms with Gasteiger partial charge in [-0.2, -0.15) is 0 Å². The van der Waals surface area contributed by atoms with Crippen LogP contribution in [0.15, 0.2) is 30.7 Å². The van der Waals surface area contributed by atoms with E-state index in [0.29, 0.717) is 0 Å². The summed E-state index contributed by atoms with van der Waals surface area (Å²) in [6.07, 6.45) is 4.92. The van der Waals surface area contributed by atoms with E-state index in [4.69, 9.17) is 11.6 Å². The lowest BCUT2D eigenvalue weighted by molar-refractivity contribution is 0.596. The Hall–Kier alpha value is -1.32. The van der Waals surface area contributed by atoms with Crippen LogP contribution in [-0.2, 0) is 6.54 Å². The van der Waals surface area contributed by atoms with E-state index in [-0.39, 0.29) is 0 Å². The van der Waals surface area contributed by atoms with Crippen molar-refractivity contribution in [2.45, 2.75) is 26.8 Å². The van der Waals surface area contributed by atoms with Crippen LogP contribution in [0.4, 0.5) is 0 Å².